The summed E-state index contributed by atoms with van der Waals surface area (Å²) in [6, 6.07) is 21.2. The van der Waals surface area contributed by atoms with E-state index in [0.717, 1.165) is 53.4 Å². The van der Waals surface area contributed by atoms with Crippen LogP contribution in [0.1, 0.15) is 18.9 Å². The van der Waals surface area contributed by atoms with Crippen molar-refractivity contribution in [3.63, 3.8) is 0 Å². The van der Waals surface area contributed by atoms with Crippen LogP contribution in [0.3, 0.4) is 0 Å². The van der Waals surface area contributed by atoms with E-state index in [1.165, 1.54) is 11.1 Å². The zero-order valence-corrected chi connectivity index (χ0v) is 18.3. The summed E-state index contributed by atoms with van der Waals surface area (Å²) in [6.07, 6.45) is 5.47. The van der Waals surface area contributed by atoms with Crippen molar-refractivity contribution in [2.24, 2.45) is 0 Å². The molecule has 158 valence electrons. The van der Waals surface area contributed by atoms with Gasteiger partial charge in [0.2, 0.25) is 0 Å². The molecule has 3 aromatic heterocycles. The molecule has 1 saturated heterocycles. The molecule has 32 heavy (non-hydrogen) atoms. The van der Waals surface area contributed by atoms with E-state index >= 15 is 0 Å². The number of piperidine rings is 1. The Hall–Kier alpha value is -3.58. The Bertz CT molecular complexity index is 1320. The van der Waals surface area contributed by atoms with Gasteiger partial charge in [-0.15, -0.1) is 11.3 Å². The number of fused-ring (bicyclic) bond motifs is 1. The molecule has 0 unspecified atom stereocenters. The van der Waals surface area contributed by atoms with Crippen LogP contribution in [0.15, 0.2) is 78.7 Å². The van der Waals surface area contributed by atoms with Gasteiger partial charge in [-0.3, -0.25) is 0 Å². The number of hydrogen-bond donors (Lipinski definition) is 0. The number of aromatic nitrogens is 5. The van der Waals surface area contributed by atoms with Gasteiger partial charge in [0, 0.05) is 29.6 Å². The van der Waals surface area contributed by atoms with Gasteiger partial charge < -0.3 is 4.90 Å². The first kappa shape index (κ1) is 19.1. The van der Waals surface area contributed by atoms with E-state index in [0.29, 0.717) is 6.04 Å². The molecular weight excluding hydrogens is 416 g/mol. The lowest BCUT2D eigenvalue weighted by Crippen LogP contribution is -2.35. The number of anilines is 1. The average Bonchev–Trinajstić information content (AvgIpc) is 3.55. The minimum atomic E-state index is 0.385. The van der Waals surface area contributed by atoms with Crippen molar-refractivity contribution in [1.29, 1.82) is 0 Å². The lowest BCUT2D eigenvalue weighted by atomic mass is 10.0. The highest BCUT2D eigenvalue weighted by Crippen LogP contribution is 2.40. The molecule has 0 spiro atoms. The van der Waals surface area contributed by atoms with Crippen LogP contribution in [0.4, 0.5) is 5.82 Å². The second-order valence-electron chi connectivity index (χ2n) is 8.03. The zero-order chi connectivity index (χ0) is 21.3. The van der Waals surface area contributed by atoms with Gasteiger partial charge in [-0.2, -0.15) is 5.10 Å². The molecule has 1 fully saturated rings. The summed E-state index contributed by atoms with van der Waals surface area (Å²) < 4.78 is 1.99. The summed E-state index contributed by atoms with van der Waals surface area (Å²) in [5.41, 5.74) is 3.45. The molecule has 0 radical (unpaired) electrons. The van der Waals surface area contributed by atoms with Crippen molar-refractivity contribution in [2.45, 2.75) is 18.9 Å². The van der Waals surface area contributed by atoms with Gasteiger partial charge in [-0.1, -0.05) is 60.7 Å². The van der Waals surface area contributed by atoms with E-state index in [1.807, 2.05) is 29.2 Å². The van der Waals surface area contributed by atoms with Gasteiger partial charge in [0.1, 0.15) is 23.3 Å². The predicted molar refractivity (Wildman–Crippen MR) is 129 cm³/mol. The second-order valence-corrected chi connectivity index (χ2v) is 8.88. The quantitative estimate of drug-likeness (QED) is 0.373. The average molecular weight is 439 g/mol. The van der Waals surface area contributed by atoms with Crippen LogP contribution in [-0.4, -0.2) is 37.8 Å². The van der Waals surface area contributed by atoms with E-state index in [4.69, 9.17) is 9.97 Å². The summed E-state index contributed by atoms with van der Waals surface area (Å²) in [5, 5.41) is 7.72. The van der Waals surface area contributed by atoms with E-state index in [-0.39, 0.29) is 0 Å². The van der Waals surface area contributed by atoms with Crippen LogP contribution < -0.4 is 4.90 Å². The number of benzene rings is 2. The SMILES string of the molecule is c1ccc(-c2nc(N3CCC(n4cncn4)CC3)c3c(-c4ccccc4)csc3n2)cc1. The Morgan fingerprint density at radius 3 is 2.25 bits per heavy atom. The standard InChI is InChI=1S/C25H22N6S/c1-3-7-18(8-4-1)21-15-32-25-22(21)24(28-23(29-25)19-9-5-2-6-10-19)30-13-11-20(12-14-30)31-17-26-16-27-31/h1-10,15-17,20H,11-14H2. The Kier molecular flexibility index (Phi) is 4.88. The van der Waals surface area contributed by atoms with Gasteiger partial charge in [-0.25, -0.2) is 19.6 Å². The predicted octanol–water partition coefficient (Wildman–Crippen LogP) is 5.46. The maximum Gasteiger partial charge on any atom is 0.163 e. The molecule has 7 heteroatoms. The molecule has 1 aliphatic heterocycles. The summed E-state index contributed by atoms with van der Waals surface area (Å²) in [5.74, 6) is 1.82. The van der Waals surface area contributed by atoms with Crippen LogP contribution >= 0.6 is 11.3 Å². The van der Waals surface area contributed by atoms with E-state index in [2.05, 4.69) is 62.8 Å². The first-order chi connectivity index (χ1) is 15.9. The third-order valence-corrected chi connectivity index (χ3v) is 6.98. The maximum absolute atomic E-state index is 5.13. The van der Waals surface area contributed by atoms with E-state index < -0.39 is 0 Å². The Morgan fingerprint density at radius 2 is 1.56 bits per heavy atom. The Morgan fingerprint density at radius 1 is 0.844 bits per heavy atom. The minimum absolute atomic E-state index is 0.385. The van der Waals surface area contributed by atoms with Crippen LogP contribution in [-0.2, 0) is 0 Å². The normalized spacial score (nSPS) is 14.8. The fraction of sp³-hybridized carbons (Fsp3) is 0.200. The summed E-state index contributed by atoms with van der Waals surface area (Å²) in [4.78, 5) is 17.7. The summed E-state index contributed by atoms with van der Waals surface area (Å²) in [7, 11) is 0. The second kappa shape index (κ2) is 8.16. The Labute approximate surface area is 190 Å². The molecule has 2 aromatic carbocycles. The first-order valence-electron chi connectivity index (χ1n) is 10.9. The largest absolute Gasteiger partial charge is 0.356 e. The minimum Gasteiger partial charge on any atom is -0.356 e. The monoisotopic (exact) mass is 438 g/mol. The molecule has 1 aliphatic rings. The van der Waals surface area contributed by atoms with Crippen molar-refractivity contribution in [3.05, 3.63) is 78.7 Å². The van der Waals surface area contributed by atoms with Crippen molar-refractivity contribution in [1.82, 2.24) is 24.7 Å². The highest BCUT2D eigenvalue weighted by molar-refractivity contribution is 7.17. The molecule has 4 heterocycles. The van der Waals surface area contributed by atoms with Gasteiger partial charge in [0.15, 0.2) is 5.82 Å². The Balaban J connectivity index is 1.45. The van der Waals surface area contributed by atoms with E-state index in [1.54, 1.807) is 17.7 Å². The van der Waals surface area contributed by atoms with Crippen LogP contribution in [0, 0.1) is 0 Å². The zero-order valence-electron chi connectivity index (χ0n) is 17.5. The third kappa shape index (κ3) is 3.44. The lowest BCUT2D eigenvalue weighted by molar-refractivity contribution is 0.365. The van der Waals surface area contributed by atoms with E-state index in [9.17, 15) is 0 Å². The molecule has 0 atom stereocenters. The molecule has 6 rings (SSSR count). The van der Waals surface area contributed by atoms with Gasteiger partial charge in [0.25, 0.3) is 0 Å². The molecule has 6 nitrogen and oxygen atoms in total. The fourth-order valence-electron chi connectivity index (χ4n) is 4.45. The van der Waals surface area contributed by atoms with Crippen LogP contribution in [0.25, 0.3) is 32.7 Å². The molecule has 0 aliphatic carbocycles. The fourth-order valence-corrected chi connectivity index (χ4v) is 5.39. The highest BCUT2D eigenvalue weighted by Gasteiger charge is 2.26. The maximum atomic E-state index is 5.13. The van der Waals surface area contributed by atoms with Gasteiger partial charge in [-0.05, 0) is 18.4 Å². The smallest absolute Gasteiger partial charge is 0.163 e. The number of thiophene rings is 1. The first-order valence-corrected chi connectivity index (χ1v) is 11.7. The topological polar surface area (TPSA) is 59.7 Å². The van der Waals surface area contributed by atoms with Crippen molar-refractivity contribution >= 4 is 27.4 Å². The molecule has 5 aromatic rings. The summed E-state index contributed by atoms with van der Waals surface area (Å²) >= 11 is 1.69. The summed E-state index contributed by atoms with van der Waals surface area (Å²) in [6.45, 7) is 1.85. The highest BCUT2D eigenvalue weighted by atomic mass is 32.1. The molecule has 0 N–H and O–H groups in total. The van der Waals surface area contributed by atoms with Crippen molar-refractivity contribution < 1.29 is 0 Å². The number of nitrogens with zero attached hydrogens (tertiary/aromatic N) is 6. The van der Waals surface area contributed by atoms with Crippen LogP contribution in [0.5, 0.6) is 0 Å². The van der Waals surface area contributed by atoms with Gasteiger partial charge >= 0.3 is 0 Å². The van der Waals surface area contributed by atoms with Crippen LogP contribution in [0.2, 0.25) is 0 Å². The lowest BCUT2D eigenvalue weighted by Gasteiger charge is -2.33. The number of hydrogen-bond acceptors (Lipinski definition) is 6. The van der Waals surface area contributed by atoms with Crippen molar-refractivity contribution in [3.8, 4) is 22.5 Å². The van der Waals surface area contributed by atoms with Crippen molar-refractivity contribution in [2.75, 3.05) is 18.0 Å². The van der Waals surface area contributed by atoms with Gasteiger partial charge in [0.05, 0.1) is 11.4 Å². The molecule has 0 bridgehead atoms. The third-order valence-electron chi connectivity index (χ3n) is 6.11. The molecule has 0 saturated carbocycles. The molecular formula is C25H22N6S. The number of rotatable bonds is 4. The molecule has 0 amide bonds.